The SMILES string of the molecule is COc1ccc(/C=C/C(=O)N(Cc2cccc(Br)c2)[C@@H]2CCS(=O)(=O)C2)cc1. The van der Waals surface area contributed by atoms with E-state index >= 15 is 0 Å². The van der Waals surface area contributed by atoms with Gasteiger partial charge in [-0.1, -0.05) is 40.2 Å². The molecule has 2 aromatic carbocycles. The monoisotopic (exact) mass is 463 g/mol. The number of halogens is 1. The molecule has 0 saturated carbocycles. The van der Waals surface area contributed by atoms with E-state index in [0.29, 0.717) is 13.0 Å². The smallest absolute Gasteiger partial charge is 0.247 e. The molecule has 5 nitrogen and oxygen atoms in total. The molecule has 1 aliphatic rings. The molecule has 1 heterocycles. The second kappa shape index (κ2) is 8.92. The summed E-state index contributed by atoms with van der Waals surface area (Å²) in [5.74, 6) is 0.694. The second-order valence-electron chi connectivity index (χ2n) is 6.76. The number of hydrogen-bond acceptors (Lipinski definition) is 4. The third-order valence-electron chi connectivity index (χ3n) is 4.71. The molecule has 1 fully saturated rings. The Hall–Kier alpha value is -2.12. The third kappa shape index (κ3) is 5.45. The number of amides is 1. The summed E-state index contributed by atoms with van der Waals surface area (Å²) in [4.78, 5) is 14.6. The van der Waals surface area contributed by atoms with Gasteiger partial charge in [-0.25, -0.2) is 8.42 Å². The molecular weight excluding hydrogens is 442 g/mol. The molecule has 0 spiro atoms. The zero-order valence-electron chi connectivity index (χ0n) is 15.5. The molecule has 0 N–H and O–H groups in total. The maximum atomic E-state index is 12.9. The molecule has 7 heteroatoms. The van der Waals surface area contributed by atoms with Crippen molar-refractivity contribution < 1.29 is 17.9 Å². The Balaban J connectivity index is 1.80. The Bertz CT molecular complexity index is 970. The lowest BCUT2D eigenvalue weighted by Gasteiger charge is -2.27. The Morgan fingerprint density at radius 2 is 2.00 bits per heavy atom. The van der Waals surface area contributed by atoms with Crippen molar-refractivity contribution in [1.29, 1.82) is 0 Å². The van der Waals surface area contributed by atoms with Crippen molar-refractivity contribution in [2.75, 3.05) is 18.6 Å². The van der Waals surface area contributed by atoms with Crippen molar-refractivity contribution >= 4 is 37.8 Å². The van der Waals surface area contributed by atoms with Crippen LogP contribution in [0.1, 0.15) is 17.5 Å². The molecule has 2 aromatic rings. The van der Waals surface area contributed by atoms with Gasteiger partial charge in [0, 0.05) is 23.1 Å². The number of carbonyl (C=O) groups excluding carboxylic acids is 1. The van der Waals surface area contributed by atoms with Gasteiger partial charge in [0.2, 0.25) is 5.91 Å². The number of ether oxygens (including phenoxy) is 1. The van der Waals surface area contributed by atoms with Gasteiger partial charge in [-0.2, -0.15) is 0 Å². The maximum absolute atomic E-state index is 12.9. The average Bonchev–Trinajstić information content (AvgIpc) is 3.04. The van der Waals surface area contributed by atoms with E-state index < -0.39 is 9.84 Å². The van der Waals surface area contributed by atoms with Gasteiger partial charge < -0.3 is 9.64 Å². The highest BCUT2D eigenvalue weighted by atomic mass is 79.9. The Kier molecular flexibility index (Phi) is 6.57. The van der Waals surface area contributed by atoms with Crippen LogP contribution in [0.3, 0.4) is 0 Å². The molecule has 3 rings (SSSR count). The maximum Gasteiger partial charge on any atom is 0.247 e. The number of benzene rings is 2. The highest BCUT2D eigenvalue weighted by Gasteiger charge is 2.34. The molecule has 1 saturated heterocycles. The van der Waals surface area contributed by atoms with E-state index in [1.807, 2.05) is 48.5 Å². The van der Waals surface area contributed by atoms with E-state index in [4.69, 9.17) is 4.74 Å². The minimum absolute atomic E-state index is 0.0170. The van der Waals surface area contributed by atoms with E-state index in [-0.39, 0.29) is 23.5 Å². The van der Waals surface area contributed by atoms with Crippen LogP contribution >= 0.6 is 15.9 Å². The quantitative estimate of drug-likeness (QED) is 0.612. The molecular formula is C21H22BrNO4S. The molecule has 1 aliphatic heterocycles. The number of sulfone groups is 1. The topological polar surface area (TPSA) is 63.7 Å². The standard InChI is InChI=1S/C21H22BrNO4S/c1-27-20-8-5-16(6-9-20)7-10-21(24)23(19-11-12-28(25,26)15-19)14-17-3-2-4-18(22)13-17/h2-10,13,19H,11-12,14-15H2,1H3/b10-7+/t19-/m1/s1. The number of methoxy groups -OCH3 is 1. The van der Waals surface area contributed by atoms with Crippen molar-refractivity contribution in [3.8, 4) is 5.75 Å². The van der Waals surface area contributed by atoms with Gasteiger partial charge in [0.1, 0.15) is 5.75 Å². The molecule has 28 heavy (non-hydrogen) atoms. The van der Waals surface area contributed by atoms with Crippen LogP contribution in [0.4, 0.5) is 0 Å². The summed E-state index contributed by atoms with van der Waals surface area (Å²) in [5.41, 5.74) is 1.82. The lowest BCUT2D eigenvalue weighted by Crippen LogP contribution is -2.39. The van der Waals surface area contributed by atoms with Crippen LogP contribution in [-0.2, 0) is 21.2 Å². The average molecular weight is 464 g/mol. The Morgan fingerprint density at radius 1 is 1.25 bits per heavy atom. The second-order valence-corrected chi connectivity index (χ2v) is 9.90. The third-order valence-corrected chi connectivity index (χ3v) is 6.95. The van der Waals surface area contributed by atoms with E-state index in [1.165, 1.54) is 6.08 Å². The van der Waals surface area contributed by atoms with Crippen LogP contribution in [0.25, 0.3) is 6.08 Å². The van der Waals surface area contributed by atoms with E-state index in [1.54, 1.807) is 18.1 Å². The van der Waals surface area contributed by atoms with Gasteiger partial charge in [0.25, 0.3) is 0 Å². The van der Waals surface area contributed by atoms with Crippen LogP contribution in [0.5, 0.6) is 5.75 Å². The van der Waals surface area contributed by atoms with Gasteiger partial charge in [-0.3, -0.25) is 4.79 Å². The Morgan fingerprint density at radius 3 is 2.61 bits per heavy atom. The van der Waals surface area contributed by atoms with Gasteiger partial charge >= 0.3 is 0 Å². The first-order chi connectivity index (χ1) is 13.4. The van der Waals surface area contributed by atoms with Crippen molar-refractivity contribution in [3.63, 3.8) is 0 Å². The van der Waals surface area contributed by atoms with Gasteiger partial charge in [-0.05, 0) is 47.9 Å². The molecule has 0 unspecified atom stereocenters. The summed E-state index contributed by atoms with van der Waals surface area (Å²) >= 11 is 3.44. The highest BCUT2D eigenvalue weighted by Crippen LogP contribution is 2.22. The molecule has 148 valence electrons. The zero-order valence-corrected chi connectivity index (χ0v) is 17.9. The molecule has 0 aliphatic carbocycles. The number of hydrogen-bond donors (Lipinski definition) is 0. The molecule has 0 aromatic heterocycles. The summed E-state index contributed by atoms with van der Waals surface area (Å²) in [6.07, 6.45) is 3.71. The predicted molar refractivity (Wildman–Crippen MR) is 114 cm³/mol. The van der Waals surface area contributed by atoms with E-state index in [2.05, 4.69) is 15.9 Å². The molecule has 1 amide bonds. The first-order valence-corrected chi connectivity index (χ1v) is 11.6. The fourth-order valence-corrected chi connectivity index (χ4v) is 5.40. The number of carbonyl (C=O) groups is 1. The van der Waals surface area contributed by atoms with Crippen LogP contribution < -0.4 is 4.74 Å². The molecule has 0 bridgehead atoms. The summed E-state index contributed by atoms with van der Waals surface area (Å²) in [6.45, 7) is 0.366. The lowest BCUT2D eigenvalue weighted by molar-refractivity contribution is -0.128. The van der Waals surface area contributed by atoms with Gasteiger partial charge in [0.15, 0.2) is 9.84 Å². The lowest BCUT2D eigenvalue weighted by atomic mass is 10.1. The molecule has 1 atom stereocenters. The minimum atomic E-state index is -3.09. The van der Waals surface area contributed by atoms with Crippen molar-refractivity contribution in [2.24, 2.45) is 0 Å². The van der Waals surface area contributed by atoms with Crippen molar-refractivity contribution in [2.45, 2.75) is 19.0 Å². The number of nitrogens with zero attached hydrogens (tertiary/aromatic N) is 1. The highest BCUT2D eigenvalue weighted by molar-refractivity contribution is 9.10. The summed E-state index contributed by atoms with van der Waals surface area (Å²) in [6, 6.07) is 14.8. The van der Waals surface area contributed by atoms with E-state index in [0.717, 1.165) is 21.3 Å². The zero-order chi connectivity index (χ0) is 20.1. The molecule has 0 radical (unpaired) electrons. The van der Waals surface area contributed by atoms with Crippen molar-refractivity contribution in [1.82, 2.24) is 4.90 Å². The fourth-order valence-electron chi connectivity index (χ4n) is 3.22. The van der Waals surface area contributed by atoms with Crippen LogP contribution in [0.15, 0.2) is 59.1 Å². The largest absolute Gasteiger partial charge is 0.497 e. The van der Waals surface area contributed by atoms with Gasteiger partial charge in [-0.15, -0.1) is 0 Å². The van der Waals surface area contributed by atoms with E-state index in [9.17, 15) is 13.2 Å². The predicted octanol–water partition coefficient (Wildman–Crippen LogP) is 3.69. The van der Waals surface area contributed by atoms with Crippen LogP contribution in [0, 0.1) is 0 Å². The first kappa shape index (κ1) is 20.6. The van der Waals surface area contributed by atoms with Crippen LogP contribution in [0.2, 0.25) is 0 Å². The fraction of sp³-hybridized carbons (Fsp3) is 0.286. The van der Waals surface area contributed by atoms with Gasteiger partial charge in [0.05, 0.1) is 18.6 Å². The summed E-state index contributed by atoms with van der Waals surface area (Å²) in [7, 11) is -1.49. The Labute approximate surface area is 174 Å². The summed E-state index contributed by atoms with van der Waals surface area (Å²) in [5, 5.41) is 0. The van der Waals surface area contributed by atoms with Crippen LogP contribution in [-0.4, -0.2) is 43.9 Å². The minimum Gasteiger partial charge on any atom is -0.497 e. The number of rotatable bonds is 6. The van der Waals surface area contributed by atoms with Crippen molar-refractivity contribution in [3.05, 3.63) is 70.2 Å². The normalized spacial score (nSPS) is 18.3. The first-order valence-electron chi connectivity index (χ1n) is 8.94. The summed E-state index contributed by atoms with van der Waals surface area (Å²) < 4.78 is 29.9.